The highest BCUT2D eigenvalue weighted by Crippen LogP contribution is 2.54. The van der Waals surface area contributed by atoms with Crippen LogP contribution in [0.15, 0.2) is 63.6 Å². The lowest BCUT2D eigenvalue weighted by Crippen LogP contribution is -2.40. The molecule has 2 aromatic carbocycles. The van der Waals surface area contributed by atoms with Crippen molar-refractivity contribution in [3.8, 4) is 0 Å². The Morgan fingerprint density at radius 1 is 1.09 bits per heavy atom. The van der Waals surface area contributed by atoms with E-state index in [-0.39, 0.29) is 17.2 Å². The van der Waals surface area contributed by atoms with Gasteiger partial charge in [-0.1, -0.05) is 43.1 Å². The van der Waals surface area contributed by atoms with Crippen LogP contribution >= 0.6 is 35.0 Å². The number of carbonyl (C=O) groups is 1. The Morgan fingerprint density at radius 3 is 2.73 bits per heavy atom. The monoisotopic (exact) mass is 493 g/mol. The summed E-state index contributed by atoms with van der Waals surface area (Å²) < 4.78 is 0. The average Bonchev–Trinajstić information content (AvgIpc) is 3.08. The van der Waals surface area contributed by atoms with Crippen molar-refractivity contribution >= 4 is 62.5 Å². The van der Waals surface area contributed by atoms with E-state index in [1.54, 1.807) is 17.8 Å². The second kappa shape index (κ2) is 7.33. The number of carbonyl (C=O) groups excluding carboxylic acids is 1. The van der Waals surface area contributed by atoms with E-state index in [0.29, 0.717) is 16.6 Å². The first-order chi connectivity index (χ1) is 15.7. The molecule has 166 valence electrons. The predicted molar refractivity (Wildman–Crippen MR) is 137 cm³/mol. The zero-order chi connectivity index (χ0) is 23.1. The van der Waals surface area contributed by atoms with Crippen LogP contribution in [0.4, 0.5) is 5.69 Å². The number of aryl methyl sites for hydroxylation is 1. The topological polar surface area (TPSA) is 45.6 Å². The van der Waals surface area contributed by atoms with Crippen LogP contribution in [0.25, 0.3) is 10.9 Å². The molecule has 1 unspecified atom stereocenters. The third-order valence-electron chi connectivity index (χ3n) is 6.49. The molecular formula is C26H21Cl2N3OS. The Morgan fingerprint density at radius 2 is 1.91 bits per heavy atom. The Bertz CT molecular complexity index is 1440. The smallest absolute Gasteiger partial charge is 0.174 e. The molecule has 7 heteroatoms. The first kappa shape index (κ1) is 21.2. The number of fused-ring (bicyclic) bond motifs is 4. The maximum atomic E-state index is 13.6. The molecule has 0 N–H and O–H groups in total. The molecule has 1 aromatic heterocycles. The minimum absolute atomic E-state index is 0.127. The third-order valence-corrected chi connectivity index (χ3v) is 8.05. The number of Topliss-reactive ketones (excluding diaryl/α,β-unsaturated/α-hetero) is 1. The van der Waals surface area contributed by atoms with E-state index in [2.05, 4.69) is 48.9 Å². The molecule has 3 aromatic rings. The molecule has 4 nitrogen and oxygen atoms in total. The van der Waals surface area contributed by atoms with Crippen LogP contribution in [0.5, 0.6) is 0 Å². The Hall–Kier alpha value is -2.34. The number of thioether (sulfide) groups is 1. The number of rotatable bonds is 1. The number of nitrogens with zero attached hydrogens (tertiary/aromatic N) is 3. The van der Waals surface area contributed by atoms with E-state index in [1.165, 1.54) is 5.56 Å². The summed E-state index contributed by atoms with van der Waals surface area (Å²) in [5, 5.41) is 2.81. The normalized spacial score (nSPS) is 21.1. The van der Waals surface area contributed by atoms with Crippen LogP contribution < -0.4 is 4.90 Å². The summed E-state index contributed by atoms with van der Waals surface area (Å²) in [7, 11) is 0. The highest BCUT2D eigenvalue weighted by Gasteiger charge is 2.46. The average molecular weight is 494 g/mol. The lowest BCUT2D eigenvalue weighted by molar-refractivity contribution is -0.118. The van der Waals surface area contributed by atoms with Crippen LogP contribution in [0.1, 0.15) is 43.9 Å². The van der Waals surface area contributed by atoms with Gasteiger partial charge >= 0.3 is 0 Å². The van der Waals surface area contributed by atoms with Crippen molar-refractivity contribution in [2.45, 2.75) is 44.6 Å². The van der Waals surface area contributed by atoms with Gasteiger partial charge in [-0.05, 0) is 72.5 Å². The number of hydrogen-bond acceptors (Lipinski definition) is 5. The molecule has 3 heterocycles. The number of halogens is 2. The van der Waals surface area contributed by atoms with Gasteiger partial charge in [0.1, 0.15) is 5.15 Å². The molecule has 0 bridgehead atoms. The summed E-state index contributed by atoms with van der Waals surface area (Å²) in [5.41, 5.74) is 5.28. The second-order valence-corrected chi connectivity index (χ2v) is 11.6. The maximum absolute atomic E-state index is 13.6. The highest BCUT2D eigenvalue weighted by molar-refractivity contribution is 8.14. The molecule has 0 fully saturated rings. The van der Waals surface area contributed by atoms with Crippen molar-refractivity contribution in [3.63, 3.8) is 0 Å². The van der Waals surface area contributed by atoms with Gasteiger partial charge in [-0.2, -0.15) is 0 Å². The fourth-order valence-electron chi connectivity index (χ4n) is 5.06. The fourth-order valence-corrected chi connectivity index (χ4v) is 6.66. The van der Waals surface area contributed by atoms with Gasteiger partial charge in [-0.15, -0.1) is 0 Å². The number of amidine groups is 1. The minimum Gasteiger partial charge on any atom is -0.308 e. The van der Waals surface area contributed by atoms with Gasteiger partial charge in [-0.25, -0.2) is 9.98 Å². The first-order valence-corrected chi connectivity index (χ1v) is 12.5. The zero-order valence-corrected chi connectivity index (χ0v) is 20.8. The zero-order valence-electron chi connectivity index (χ0n) is 18.4. The standard InChI is InChI=1S/C26H21Cl2N3OS/c1-13-4-7-19-21(8-13)33-25-30-18-11-26(2,3)12-20(32)22(18)23(31(19)25)16-10-14-9-15(27)5-6-17(14)29-24(16)28/h4-10,23H,11-12H2,1-3H3. The van der Waals surface area contributed by atoms with Gasteiger partial charge in [0, 0.05) is 32.9 Å². The molecule has 0 spiro atoms. The van der Waals surface area contributed by atoms with Gasteiger partial charge in [0.15, 0.2) is 11.0 Å². The summed E-state index contributed by atoms with van der Waals surface area (Å²) in [5.74, 6) is 0.127. The van der Waals surface area contributed by atoms with E-state index in [1.807, 2.05) is 18.2 Å². The van der Waals surface area contributed by atoms with E-state index in [4.69, 9.17) is 28.2 Å². The van der Waals surface area contributed by atoms with Gasteiger partial charge in [0.05, 0.1) is 22.9 Å². The highest BCUT2D eigenvalue weighted by atomic mass is 35.5. The molecule has 0 saturated heterocycles. The fraction of sp³-hybridized carbons (Fsp3) is 0.269. The molecule has 33 heavy (non-hydrogen) atoms. The Labute approximate surface area is 206 Å². The van der Waals surface area contributed by atoms with Gasteiger partial charge in [-0.3, -0.25) is 4.79 Å². The number of anilines is 1. The molecule has 0 amide bonds. The predicted octanol–water partition coefficient (Wildman–Crippen LogP) is 7.52. The van der Waals surface area contributed by atoms with Gasteiger partial charge in [0.25, 0.3) is 0 Å². The summed E-state index contributed by atoms with van der Waals surface area (Å²) in [4.78, 5) is 26.5. The lowest BCUT2D eigenvalue weighted by atomic mass is 9.73. The number of benzene rings is 2. The largest absolute Gasteiger partial charge is 0.308 e. The molecule has 6 rings (SSSR count). The van der Waals surface area contributed by atoms with Crippen molar-refractivity contribution in [3.05, 3.63) is 75.0 Å². The molecule has 3 aliphatic rings. The van der Waals surface area contributed by atoms with Gasteiger partial charge < -0.3 is 4.90 Å². The number of aliphatic imine (C=N–C) groups is 1. The number of allylic oxidation sites excluding steroid dienone is 1. The second-order valence-electron chi connectivity index (χ2n) is 9.75. The third kappa shape index (κ3) is 3.40. The van der Waals surface area contributed by atoms with Crippen molar-refractivity contribution in [2.75, 3.05) is 4.90 Å². The molecular weight excluding hydrogens is 473 g/mol. The molecule has 1 atom stereocenters. The van der Waals surface area contributed by atoms with Crippen LogP contribution in [-0.4, -0.2) is 15.9 Å². The van der Waals surface area contributed by atoms with Crippen molar-refractivity contribution in [2.24, 2.45) is 10.4 Å². The Kier molecular flexibility index (Phi) is 4.71. The number of pyridine rings is 1. The van der Waals surface area contributed by atoms with E-state index in [9.17, 15) is 4.79 Å². The molecule has 0 saturated carbocycles. The number of hydrogen-bond donors (Lipinski definition) is 0. The molecule has 1 aliphatic carbocycles. The Balaban J connectivity index is 1.62. The number of aromatic nitrogens is 1. The maximum Gasteiger partial charge on any atom is 0.174 e. The van der Waals surface area contributed by atoms with Crippen molar-refractivity contribution < 1.29 is 4.79 Å². The van der Waals surface area contributed by atoms with Crippen molar-refractivity contribution in [1.29, 1.82) is 0 Å². The first-order valence-electron chi connectivity index (χ1n) is 10.9. The molecule has 2 aliphatic heterocycles. The minimum atomic E-state index is -0.379. The summed E-state index contributed by atoms with van der Waals surface area (Å²) in [6, 6.07) is 13.6. The van der Waals surface area contributed by atoms with E-state index in [0.717, 1.165) is 49.9 Å². The van der Waals surface area contributed by atoms with Crippen LogP contribution in [0.2, 0.25) is 10.2 Å². The van der Waals surface area contributed by atoms with Crippen LogP contribution in [0.3, 0.4) is 0 Å². The lowest BCUT2D eigenvalue weighted by Gasteiger charge is -2.40. The SMILES string of the molecule is Cc1ccc2c(c1)SC1=NC3=C(C(=O)CC(C)(C)C3)C(c3cc4cc(Cl)ccc4nc3Cl)N12. The van der Waals surface area contributed by atoms with E-state index < -0.39 is 0 Å². The molecule has 0 radical (unpaired) electrons. The summed E-state index contributed by atoms with van der Waals surface area (Å²) in [6.07, 6.45) is 1.24. The van der Waals surface area contributed by atoms with Crippen LogP contribution in [0, 0.1) is 12.3 Å². The quantitative estimate of drug-likeness (QED) is 0.328. The van der Waals surface area contributed by atoms with Crippen LogP contribution in [-0.2, 0) is 4.79 Å². The summed E-state index contributed by atoms with van der Waals surface area (Å²) in [6.45, 7) is 6.34. The van der Waals surface area contributed by atoms with Gasteiger partial charge in [0.2, 0.25) is 0 Å². The van der Waals surface area contributed by atoms with E-state index >= 15 is 0 Å². The summed E-state index contributed by atoms with van der Waals surface area (Å²) >= 11 is 14.7. The number of ketones is 1. The van der Waals surface area contributed by atoms with Crippen molar-refractivity contribution in [1.82, 2.24) is 4.98 Å².